The zero-order valence-electron chi connectivity index (χ0n) is 10.6. The van der Waals surface area contributed by atoms with E-state index in [0.717, 1.165) is 12.1 Å². The molecule has 0 fully saturated rings. The summed E-state index contributed by atoms with van der Waals surface area (Å²) in [6.45, 7) is 0. The summed E-state index contributed by atoms with van der Waals surface area (Å²) in [5, 5.41) is 0. The van der Waals surface area contributed by atoms with Crippen molar-refractivity contribution in [3.05, 3.63) is 68.1 Å². The fourth-order valence-corrected chi connectivity index (χ4v) is 2.82. The fraction of sp³-hybridized carbons (Fsp3) is 0.0714. The van der Waals surface area contributed by atoms with Crippen molar-refractivity contribution >= 4 is 27.0 Å². The van der Waals surface area contributed by atoms with Crippen molar-refractivity contribution in [1.82, 2.24) is 9.97 Å². The molecule has 0 saturated heterocycles. The van der Waals surface area contributed by atoms with E-state index >= 15 is 0 Å². The van der Waals surface area contributed by atoms with Crippen LogP contribution in [0.5, 0.6) is 0 Å². The molecular formula is C14H10BrF2N3O. The van der Waals surface area contributed by atoms with Gasteiger partial charge in [0.1, 0.15) is 11.6 Å². The largest absolute Gasteiger partial charge is 0.323 e. The second-order valence-corrected chi connectivity index (χ2v) is 5.50. The number of aromatic amines is 2. The van der Waals surface area contributed by atoms with E-state index < -0.39 is 17.7 Å². The number of benzene rings is 2. The maximum atomic E-state index is 13.8. The van der Waals surface area contributed by atoms with Gasteiger partial charge >= 0.3 is 5.69 Å². The second kappa shape index (κ2) is 5.09. The quantitative estimate of drug-likeness (QED) is 0.662. The van der Waals surface area contributed by atoms with Crippen LogP contribution >= 0.6 is 15.9 Å². The summed E-state index contributed by atoms with van der Waals surface area (Å²) in [5.41, 5.74) is 7.67. The highest BCUT2D eigenvalue weighted by molar-refractivity contribution is 9.10. The van der Waals surface area contributed by atoms with Crippen LogP contribution in [0.1, 0.15) is 17.2 Å². The SMILES string of the molecule is NC(c1ccc(F)cc1F)c1cc2[nH]c(=O)[nH]c2cc1Br. The Morgan fingerprint density at radius 1 is 1.05 bits per heavy atom. The van der Waals surface area contributed by atoms with Gasteiger partial charge in [-0.25, -0.2) is 13.6 Å². The van der Waals surface area contributed by atoms with Gasteiger partial charge in [-0.2, -0.15) is 0 Å². The van der Waals surface area contributed by atoms with Gasteiger partial charge in [0.15, 0.2) is 0 Å². The smallest absolute Gasteiger partial charge is 0.320 e. The summed E-state index contributed by atoms with van der Waals surface area (Å²) < 4.78 is 27.4. The molecule has 7 heteroatoms. The van der Waals surface area contributed by atoms with Gasteiger partial charge in [0, 0.05) is 16.1 Å². The van der Waals surface area contributed by atoms with E-state index in [1.165, 1.54) is 6.07 Å². The van der Waals surface area contributed by atoms with Gasteiger partial charge in [-0.15, -0.1) is 0 Å². The summed E-state index contributed by atoms with van der Waals surface area (Å²) in [5.74, 6) is -1.37. The predicted octanol–water partition coefficient (Wildman–Crippen LogP) is 2.95. The first-order valence-electron chi connectivity index (χ1n) is 6.07. The summed E-state index contributed by atoms with van der Waals surface area (Å²) in [6, 6.07) is 5.81. The molecule has 0 aliphatic heterocycles. The zero-order valence-corrected chi connectivity index (χ0v) is 12.2. The highest BCUT2D eigenvalue weighted by Crippen LogP contribution is 2.30. The van der Waals surface area contributed by atoms with Crippen LogP contribution in [0.25, 0.3) is 11.0 Å². The van der Waals surface area contributed by atoms with Gasteiger partial charge in [-0.3, -0.25) is 0 Å². The van der Waals surface area contributed by atoms with Crippen LogP contribution in [0.3, 0.4) is 0 Å². The lowest BCUT2D eigenvalue weighted by molar-refractivity contribution is 0.566. The molecular weight excluding hydrogens is 344 g/mol. The highest BCUT2D eigenvalue weighted by Gasteiger charge is 2.18. The number of nitrogens with one attached hydrogen (secondary N) is 2. The van der Waals surface area contributed by atoms with Crippen LogP contribution in [-0.4, -0.2) is 9.97 Å². The van der Waals surface area contributed by atoms with E-state index in [1.807, 2.05) is 0 Å². The number of fused-ring (bicyclic) bond motifs is 1. The van der Waals surface area contributed by atoms with Crippen LogP contribution < -0.4 is 11.4 Å². The minimum atomic E-state index is -0.789. The van der Waals surface area contributed by atoms with Crippen molar-refractivity contribution in [2.24, 2.45) is 5.73 Å². The normalized spacial score (nSPS) is 12.8. The lowest BCUT2D eigenvalue weighted by Gasteiger charge is -2.15. The van der Waals surface area contributed by atoms with Gasteiger partial charge in [0.2, 0.25) is 0 Å². The number of H-pyrrole nitrogens is 2. The van der Waals surface area contributed by atoms with E-state index in [0.29, 0.717) is 21.1 Å². The molecule has 0 amide bonds. The first-order valence-corrected chi connectivity index (χ1v) is 6.87. The summed E-state index contributed by atoms with van der Waals surface area (Å²) >= 11 is 3.35. The van der Waals surface area contributed by atoms with Crippen molar-refractivity contribution in [2.75, 3.05) is 0 Å². The van der Waals surface area contributed by atoms with E-state index in [-0.39, 0.29) is 11.3 Å². The number of halogens is 3. The molecule has 3 aromatic rings. The molecule has 4 nitrogen and oxygen atoms in total. The number of hydrogen-bond donors (Lipinski definition) is 3. The Kier molecular flexibility index (Phi) is 3.38. The zero-order chi connectivity index (χ0) is 15.1. The number of hydrogen-bond acceptors (Lipinski definition) is 2. The minimum Gasteiger partial charge on any atom is -0.320 e. The number of nitrogens with two attached hydrogens (primary N) is 1. The number of imidazole rings is 1. The van der Waals surface area contributed by atoms with Crippen molar-refractivity contribution in [3.63, 3.8) is 0 Å². The van der Waals surface area contributed by atoms with Gasteiger partial charge in [-0.05, 0) is 23.8 Å². The highest BCUT2D eigenvalue weighted by atomic mass is 79.9. The average Bonchev–Trinajstić information content (AvgIpc) is 2.76. The molecule has 4 N–H and O–H groups in total. The van der Waals surface area contributed by atoms with Crippen LogP contribution in [-0.2, 0) is 0 Å². The Balaban J connectivity index is 2.14. The predicted molar refractivity (Wildman–Crippen MR) is 79.0 cm³/mol. The second-order valence-electron chi connectivity index (χ2n) is 4.64. The lowest BCUT2D eigenvalue weighted by atomic mass is 9.98. The molecule has 1 heterocycles. The van der Waals surface area contributed by atoms with Gasteiger partial charge in [-0.1, -0.05) is 22.0 Å². The Morgan fingerprint density at radius 2 is 1.71 bits per heavy atom. The van der Waals surface area contributed by atoms with Crippen LogP contribution in [0.2, 0.25) is 0 Å². The van der Waals surface area contributed by atoms with E-state index in [9.17, 15) is 13.6 Å². The fourth-order valence-electron chi connectivity index (χ4n) is 2.23. The molecule has 1 unspecified atom stereocenters. The Labute approximate surface area is 126 Å². The Hall–Kier alpha value is -1.99. The first kappa shape index (κ1) is 14.0. The molecule has 2 aromatic carbocycles. The third-order valence-electron chi connectivity index (χ3n) is 3.27. The number of aromatic nitrogens is 2. The van der Waals surface area contributed by atoms with Gasteiger partial charge in [0.25, 0.3) is 0 Å². The lowest BCUT2D eigenvalue weighted by Crippen LogP contribution is -2.14. The molecule has 1 aromatic heterocycles. The van der Waals surface area contributed by atoms with E-state index in [2.05, 4.69) is 25.9 Å². The maximum absolute atomic E-state index is 13.8. The maximum Gasteiger partial charge on any atom is 0.323 e. The van der Waals surface area contributed by atoms with Crippen molar-refractivity contribution in [2.45, 2.75) is 6.04 Å². The van der Waals surface area contributed by atoms with Crippen LogP contribution in [0, 0.1) is 11.6 Å². The molecule has 1 atom stereocenters. The molecule has 0 aliphatic carbocycles. The molecule has 3 rings (SSSR count). The topological polar surface area (TPSA) is 74.7 Å². The summed E-state index contributed by atoms with van der Waals surface area (Å²) in [6.07, 6.45) is 0. The molecule has 21 heavy (non-hydrogen) atoms. The van der Waals surface area contributed by atoms with Gasteiger partial charge in [0.05, 0.1) is 17.1 Å². The number of rotatable bonds is 2. The third kappa shape index (κ3) is 2.50. The Bertz CT molecular complexity index is 888. The van der Waals surface area contributed by atoms with Crippen molar-refractivity contribution in [1.29, 1.82) is 0 Å². The molecule has 0 spiro atoms. The molecule has 0 radical (unpaired) electrons. The van der Waals surface area contributed by atoms with Crippen LogP contribution in [0.4, 0.5) is 8.78 Å². The molecule has 108 valence electrons. The van der Waals surface area contributed by atoms with Crippen LogP contribution in [0.15, 0.2) is 39.6 Å². The summed E-state index contributed by atoms with van der Waals surface area (Å²) in [4.78, 5) is 16.5. The van der Waals surface area contributed by atoms with E-state index in [4.69, 9.17) is 5.73 Å². The van der Waals surface area contributed by atoms with E-state index in [1.54, 1.807) is 12.1 Å². The molecule has 0 saturated carbocycles. The monoisotopic (exact) mass is 353 g/mol. The Morgan fingerprint density at radius 3 is 2.38 bits per heavy atom. The standard InChI is InChI=1S/C14H10BrF2N3O/c15-9-5-12-11(19-14(21)20-12)4-8(9)13(18)7-2-1-6(16)3-10(7)17/h1-5,13H,18H2,(H2,19,20,21). The third-order valence-corrected chi connectivity index (χ3v) is 3.95. The molecule has 0 bridgehead atoms. The first-order chi connectivity index (χ1) is 9.95. The van der Waals surface area contributed by atoms with Gasteiger partial charge < -0.3 is 15.7 Å². The average molecular weight is 354 g/mol. The summed E-state index contributed by atoms with van der Waals surface area (Å²) in [7, 11) is 0. The molecule has 0 aliphatic rings. The van der Waals surface area contributed by atoms with Crippen molar-refractivity contribution < 1.29 is 8.78 Å². The minimum absolute atomic E-state index is 0.175. The van der Waals surface area contributed by atoms with Crippen molar-refractivity contribution in [3.8, 4) is 0 Å².